The van der Waals surface area contributed by atoms with Crippen LogP contribution in [-0.4, -0.2) is 12.1 Å². The highest BCUT2D eigenvalue weighted by Gasteiger charge is 2.18. The maximum Gasteiger partial charge on any atom is 0.0192 e. The van der Waals surface area contributed by atoms with Gasteiger partial charge in [-0.25, -0.2) is 0 Å². The van der Waals surface area contributed by atoms with E-state index in [0.29, 0.717) is 12.1 Å². The van der Waals surface area contributed by atoms with Gasteiger partial charge in [0.1, 0.15) is 0 Å². The van der Waals surface area contributed by atoms with Crippen LogP contribution in [0.1, 0.15) is 58.8 Å². The molecule has 0 bridgehead atoms. The first kappa shape index (κ1) is 12.9. The van der Waals surface area contributed by atoms with Crippen LogP contribution in [0.3, 0.4) is 0 Å². The molecule has 0 aromatic carbocycles. The summed E-state index contributed by atoms with van der Waals surface area (Å²) in [6.45, 7) is 4.46. The molecule has 0 spiro atoms. The Morgan fingerprint density at radius 1 is 0.923 bits per heavy atom. The normalized spacial score (nSPS) is 26.8. The fourth-order valence-corrected chi connectivity index (χ4v) is 1.52. The second-order valence-corrected chi connectivity index (χ2v) is 3.97. The van der Waals surface area contributed by atoms with E-state index in [2.05, 4.69) is 13.8 Å². The molecule has 1 aliphatic carbocycles. The van der Waals surface area contributed by atoms with Crippen LogP contribution >= 0.6 is 0 Å². The smallest absolute Gasteiger partial charge is 0.0192 e. The van der Waals surface area contributed by atoms with E-state index in [1.165, 1.54) is 32.1 Å². The zero-order valence-electron chi connectivity index (χ0n) is 9.26. The fraction of sp³-hybridized carbons (Fsp3) is 1.00. The highest BCUT2D eigenvalue weighted by Crippen LogP contribution is 2.13. The molecule has 2 unspecified atom stereocenters. The number of hydrogen-bond acceptors (Lipinski definition) is 2. The molecule has 1 saturated carbocycles. The molecule has 1 aliphatic rings. The van der Waals surface area contributed by atoms with Crippen LogP contribution < -0.4 is 11.5 Å². The first-order valence-electron chi connectivity index (χ1n) is 5.73. The predicted molar refractivity (Wildman–Crippen MR) is 59.6 cm³/mol. The minimum Gasteiger partial charge on any atom is -0.326 e. The van der Waals surface area contributed by atoms with Crippen LogP contribution in [0.15, 0.2) is 0 Å². The van der Waals surface area contributed by atoms with Crippen LogP contribution in [0.25, 0.3) is 0 Å². The standard InChI is InChI=1S/C6H14.C5H12N2/c1-3-5-6-4-2;6-4-2-1-3-5(4)7/h3-6H2,1-2H3;4-5H,1-3,6-7H2. The molecular weight excluding hydrogens is 160 g/mol. The second-order valence-electron chi connectivity index (χ2n) is 3.97. The first-order valence-corrected chi connectivity index (χ1v) is 5.73. The van der Waals surface area contributed by atoms with Crippen molar-refractivity contribution in [2.24, 2.45) is 11.5 Å². The highest BCUT2D eigenvalue weighted by molar-refractivity contribution is 4.82. The topological polar surface area (TPSA) is 52.0 Å². The van der Waals surface area contributed by atoms with Gasteiger partial charge in [0, 0.05) is 12.1 Å². The minimum absolute atomic E-state index is 0.292. The van der Waals surface area contributed by atoms with Crippen LogP contribution in [-0.2, 0) is 0 Å². The summed E-state index contributed by atoms with van der Waals surface area (Å²) in [6, 6.07) is 0.583. The summed E-state index contributed by atoms with van der Waals surface area (Å²) in [6.07, 6.45) is 9.01. The Hall–Kier alpha value is -0.0800. The number of rotatable bonds is 3. The second kappa shape index (κ2) is 8.52. The van der Waals surface area contributed by atoms with Gasteiger partial charge in [-0.2, -0.15) is 0 Å². The molecule has 80 valence electrons. The van der Waals surface area contributed by atoms with Gasteiger partial charge in [0.05, 0.1) is 0 Å². The van der Waals surface area contributed by atoms with Crippen LogP contribution in [0.5, 0.6) is 0 Å². The van der Waals surface area contributed by atoms with E-state index in [1.807, 2.05) is 0 Å². The van der Waals surface area contributed by atoms with Gasteiger partial charge in [-0.3, -0.25) is 0 Å². The van der Waals surface area contributed by atoms with Crippen molar-refractivity contribution in [3.05, 3.63) is 0 Å². The molecule has 2 heteroatoms. The Labute approximate surface area is 83.1 Å². The maximum atomic E-state index is 5.55. The summed E-state index contributed by atoms with van der Waals surface area (Å²) < 4.78 is 0. The van der Waals surface area contributed by atoms with E-state index in [4.69, 9.17) is 11.5 Å². The van der Waals surface area contributed by atoms with E-state index in [1.54, 1.807) is 0 Å². The molecule has 0 radical (unpaired) electrons. The van der Waals surface area contributed by atoms with E-state index < -0.39 is 0 Å². The molecule has 2 nitrogen and oxygen atoms in total. The molecule has 0 saturated heterocycles. The molecular formula is C11H26N2. The quantitative estimate of drug-likeness (QED) is 0.665. The molecule has 13 heavy (non-hydrogen) atoms. The van der Waals surface area contributed by atoms with Gasteiger partial charge in [0.2, 0.25) is 0 Å². The van der Waals surface area contributed by atoms with Gasteiger partial charge in [-0.15, -0.1) is 0 Å². The third kappa shape index (κ3) is 7.03. The molecule has 4 N–H and O–H groups in total. The van der Waals surface area contributed by atoms with Gasteiger partial charge >= 0.3 is 0 Å². The fourth-order valence-electron chi connectivity index (χ4n) is 1.52. The van der Waals surface area contributed by atoms with Crippen LogP contribution in [0.4, 0.5) is 0 Å². The van der Waals surface area contributed by atoms with Gasteiger partial charge in [0.15, 0.2) is 0 Å². The molecule has 0 heterocycles. The summed E-state index contributed by atoms with van der Waals surface area (Å²) in [5.74, 6) is 0. The molecule has 0 aromatic heterocycles. The highest BCUT2D eigenvalue weighted by atomic mass is 14.8. The Kier molecular flexibility index (Phi) is 8.46. The molecule has 0 aromatic rings. The molecule has 1 fully saturated rings. The third-order valence-electron chi connectivity index (χ3n) is 2.58. The lowest BCUT2D eigenvalue weighted by Crippen LogP contribution is -2.35. The summed E-state index contributed by atoms with van der Waals surface area (Å²) in [5.41, 5.74) is 11.1. The zero-order valence-corrected chi connectivity index (χ0v) is 9.26. The molecule has 0 amide bonds. The molecule has 1 rings (SSSR count). The zero-order chi connectivity index (χ0) is 10.1. The average molecular weight is 186 g/mol. The Bertz CT molecular complexity index is 92.3. The monoisotopic (exact) mass is 186 g/mol. The lowest BCUT2D eigenvalue weighted by molar-refractivity contribution is 0.603. The third-order valence-corrected chi connectivity index (χ3v) is 2.58. The van der Waals surface area contributed by atoms with Crippen molar-refractivity contribution in [1.29, 1.82) is 0 Å². The van der Waals surface area contributed by atoms with Crippen molar-refractivity contribution in [3.63, 3.8) is 0 Å². The summed E-state index contributed by atoms with van der Waals surface area (Å²) >= 11 is 0. The van der Waals surface area contributed by atoms with Crippen molar-refractivity contribution in [2.75, 3.05) is 0 Å². The van der Waals surface area contributed by atoms with E-state index in [0.717, 1.165) is 12.8 Å². The van der Waals surface area contributed by atoms with Crippen molar-refractivity contribution in [2.45, 2.75) is 70.9 Å². The molecule has 0 aliphatic heterocycles. The van der Waals surface area contributed by atoms with E-state index in [-0.39, 0.29) is 0 Å². The van der Waals surface area contributed by atoms with Crippen molar-refractivity contribution in [3.8, 4) is 0 Å². The number of hydrogen-bond donors (Lipinski definition) is 2. The SMILES string of the molecule is CCCCCC.NC1CCCC1N. The Balaban J connectivity index is 0.000000226. The van der Waals surface area contributed by atoms with Crippen molar-refractivity contribution < 1.29 is 0 Å². The van der Waals surface area contributed by atoms with Crippen LogP contribution in [0.2, 0.25) is 0 Å². The summed E-state index contributed by atoms with van der Waals surface area (Å²) in [7, 11) is 0. The van der Waals surface area contributed by atoms with E-state index >= 15 is 0 Å². The largest absolute Gasteiger partial charge is 0.326 e. The Morgan fingerprint density at radius 2 is 1.31 bits per heavy atom. The van der Waals surface area contributed by atoms with E-state index in [9.17, 15) is 0 Å². The molecule has 2 atom stereocenters. The van der Waals surface area contributed by atoms with Crippen molar-refractivity contribution >= 4 is 0 Å². The summed E-state index contributed by atoms with van der Waals surface area (Å²) in [4.78, 5) is 0. The lowest BCUT2D eigenvalue weighted by Gasteiger charge is -2.05. The predicted octanol–water partition coefficient (Wildman–Crippen LogP) is 2.41. The summed E-state index contributed by atoms with van der Waals surface area (Å²) in [5, 5.41) is 0. The van der Waals surface area contributed by atoms with Gasteiger partial charge < -0.3 is 11.5 Å². The minimum atomic E-state index is 0.292. The average Bonchev–Trinajstić information content (AvgIpc) is 2.49. The van der Waals surface area contributed by atoms with Gasteiger partial charge in [-0.1, -0.05) is 46.0 Å². The van der Waals surface area contributed by atoms with Gasteiger partial charge in [0.25, 0.3) is 0 Å². The number of unbranched alkanes of at least 4 members (excludes halogenated alkanes) is 3. The van der Waals surface area contributed by atoms with Crippen molar-refractivity contribution in [1.82, 2.24) is 0 Å². The number of nitrogens with two attached hydrogens (primary N) is 2. The maximum absolute atomic E-state index is 5.55. The lowest BCUT2D eigenvalue weighted by atomic mass is 10.2. The van der Waals surface area contributed by atoms with Crippen LogP contribution in [0, 0.1) is 0 Å². The van der Waals surface area contributed by atoms with Gasteiger partial charge in [-0.05, 0) is 12.8 Å². The first-order chi connectivity index (χ1) is 6.22. The Morgan fingerprint density at radius 3 is 1.46 bits per heavy atom.